The van der Waals surface area contributed by atoms with Crippen LogP contribution in [0.15, 0.2) is 48.5 Å². The number of benzene rings is 2. The second-order valence-electron chi connectivity index (χ2n) is 6.04. The van der Waals surface area contributed by atoms with E-state index in [0.717, 1.165) is 5.56 Å². The van der Waals surface area contributed by atoms with Crippen LogP contribution in [0.5, 0.6) is 0 Å². The van der Waals surface area contributed by atoms with Crippen LogP contribution in [0.1, 0.15) is 36.7 Å². The molecule has 0 saturated heterocycles. The van der Waals surface area contributed by atoms with E-state index in [2.05, 4.69) is 37.9 Å². The summed E-state index contributed by atoms with van der Waals surface area (Å²) >= 11 is 5.82. The van der Waals surface area contributed by atoms with Gasteiger partial charge in [-0.15, -0.1) is 0 Å². The number of hydrogen-bond acceptors (Lipinski definition) is 1. The monoisotopic (exact) mass is 311 g/mol. The first-order chi connectivity index (χ1) is 10.3. The quantitative estimate of drug-likeness (QED) is 0.778. The largest absolute Gasteiger partial charge is 0.322 e. The van der Waals surface area contributed by atoms with Crippen molar-refractivity contribution in [2.24, 2.45) is 5.41 Å². The number of amides is 1. The minimum absolute atomic E-state index is 0.0371. The summed E-state index contributed by atoms with van der Waals surface area (Å²) < 4.78 is 0. The molecule has 0 aliphatic rings. The lowest BCUT2D eigenvalue weighted by Crippen LogP contribution is -2.11. The van der Waals surface area contributed by atoms with Gasteiger partial charge < -0.3 is 5.32 Å². The van der Waals surface area contributed by atoms with Crippen molar-refractivity contribution in [2.45, 2.75) is 20.8 Å². The van der Waals surface area contributed by atoms with Gasteiger partial charge in [-0.3, -0.25) is 4.79 Å². The fourth-order valence-electron chi connectivity index (χ4n) is 1.70. The molecule has 2 aromatic carbocycles. The van der Waals surface area contributed by atoms with Gasteiger partial charge in [0, 0.05) is 27.3 Å². The number of carbonyl (C=O) groups is 1. The van der Waals surface area contributed by atoms with Gasteiger partial charge in [-0.25, -0.2) is 0 Å². The lowest BCUT2D eigenvalue weighted by molar-refractivity contribution is 0.102. The summed E-state index contributed by atoms with van der Waals surface area (Å²) in [5, 5.41) is 3.47. The summed E-state index contributed by atoms with van der Waals surface area (Å²) in [7, 11) is 0. The van der Waals surface area contributed by atoms with E-state index in [4.69, 9.17) is 11.6 Å². The standard InChI is InChI=1S/C19H18ClNO/c1-19(2,3)13-12-14-4-6-15(7-5-14)18(22)21-17-10-8-16(20)9-11-17/h4-11H,1-3H3,(H,21,22). The number of hydrogen-bond donors (Lipinski definition) is 1. The summed E-state index contributed by atoms with van der Waals surface area (Å²) in [6.07, 6.45) is 0. The van der Waals surface area contributed by atoms with Crippen molar-refractivity contribution < 1.29 is 4.79 Å². The zero-order chi connectivity index (χ0) is 16.2. The lowest BCUT2D eigenvalue weighted by atomic mass is 9.97. The third-order valence-electron chi connectivity index (χ3n) is 2.83. The van der Waals surface area contributed by atoms with E-state index in [9.17, 15) is 4.79 Å². The Balaban J connectivity index is 2.07. The minimum atomic E-state index is -0.155. The fourth-order valence-corrected chi connectivity index (χ4v) is 1.83. The maximum atomic E-state index is 12.1. The minimum Gasteiger partial charge on any atom is -0.322 e. The summed E-state index contributed by atoms with van der Waals surface area (Å²) in [5.74, 6) is 6.12. The van der Waals surface area contributed by atoms with E-state index >= 15 is 0 Å². The van der Waals surface area contributed by atoms with Crippen molar-refractivity contribution >= 4 is 23.2 Å². The number of anilines is 1. The Labute approximate surface area is 136 Å². The predicted octanol–water partition coefficient (Wildman–Crippen LogP) is 4.99. The molecule has 2 rings (SSSR count). The summed E-state index contributed by atoms with van der Waals surface area (Å²) in [6, 6.07) is 14.3. The molecule has 3 heteroatoms. The second-order valence-corrected chi connectivity index (χ2v) is 6.47. The van der Waals surface area contributed by atoms with Crippen molar-refractivity contribution in [1.82, 2.24) is 0 Å². The molecule has 0 aromatic heterocycles. The molecule has 0 heterocycles. The molecule has 22 heavy (non-hydrogen) atoms. The number of halogens is 1. The molecule has 0 unspecified atom stereocenters. The molecule has 2 aromatic rings. The lowest BCUT2D eigenvalue weighted by Gasteiger charge is -2.07. The Hall–Kier alpha value is -2.24. The Bertz CT molecular complexity index is 713. The van der Waals surface area contributed by atoms with Gasteiger partial charge in [0.2, 0.25) is 0 Å². The summed E-state index contributed by atoms with van der Waals surface area (Å²) in [5.41, 5.74) is 2.17. The van der Waals surface area contributed by atoms with Crippen molar-refractivity contribution in [3.63, 3.8) is 0 Å². The smallest absolute Gasteiger partial charge is 0.255 e. The molecule has 0 atom stereocenters. The Kier molecular flexibility index (Phi) is 4.90. The fraction of sp³-hybridized carbons (Fsp3) is 0.211. The highest BCUT2D eigenvalue weighted by molar-refractivity contribution is 6.30. The summed E-state index contributed by atoms with van der Waals surface area (Å²) in [6.45, 7) is 6.19. The first kappa shape index (κ1) is 16.1. The van der Waals surface area contributed by atoms with E-state index in [-0.39, 0.29) is 11.3 Å². The van der Waals surface area contributed by atoms with Crippen LogP contribution in [0.3, 0.4) is 0 Å². The van der Waals surface area contributed by atoms with Gasteiger partial charge in [0.15, 0.2) is 0 Å². The van der Waals surface area contributed by atoms with Crippen LogP contribution in [0, 0.1) is 17.3 Å². The Morgan fingerprint density at radius 2 is 1.59 bits per heavy atom. The highest BCUT2D eigenvalue weighted by Gasteiger charge is 2.06. The molecule has 1 amide bonds. The van der Waals surface area contributed by atoms with Crippen LogP contribution in [0.4, 0.5) is 5.69 Å². The van der Waals surface area contributed by atoms with Crippen molar-refractivity contribution in [1.29, 1.82) is 0 Å². The first-order valence-electron chi connectivity index (χ1n) is 7.04. The van der Waals surface area contributed by atoms with Gasteiger partial charge in [0.05, 0.1) is 0 Å². The van der Waals surface area contributed by atoms with E-state index in [0.29, 0.717) is 16.3 Å². The van der Waals surface area contributed by atoms with E-state index < -0.39 is 0 Å². The molecular formula is C19H18ClNO. The van der Waals surface area contributed by atoms with Crippen molar-refractivity contribution in [2.75, 3.05) is 5.32 Å². The highest BCUT2D eigenvalue weighted by Crippen LogP contribution is 2.15. The molecule has 112 valence electrons. The summed E-state index contributed by atoms with van der Waals surface area (Å²) in [4.78, 5) is 12.1. The SMILES string of the molecule is CC(C)(C)C#Cc1ccc(C(=O)Nc2ccc(Cl)cc2)cc1. The maximum Gasteiger partial charge on any atom is 0.255 e. The number of nitrogens with one attached hydrogen (secondary N) is 1. The molecule has 2 nitrogen and oxygen atoms in total. The maximum absolute atomic E-state index is 12.1. The predicted molar refractivity (Wildman–Crippen MR) is 92.2 cm³/mol. The van der Waals surface area contributed by atoms with Crippen LogP contribution in [-0.2, 0) is 0 Å². The zero-order valence-corrected chi connectivity index (χ0v) is 13.7. The average Bonchev–Trinajstić information content (AvgIpc) is 2.47. The van der Waals surface area contributed by atoms with Crippen molar-refractivity contribution in [3.8, 4) is 11.8 Å². The van der Waals surface area contributed by atoms with Crippen LogP contribution < -0.4 is 5.32 Å². The van der Waals surface area contributed by atoms with Gasteiger partial charge in [0.25, 0.3) is 5.91 Å². The topological polar surface area (TPSA) is 29.1 Å². The average molecular weight is 312 g/mol. The molecule has 1 N–H and O–H groups in total. The van der Waals surface area contributed by atoms with E-state index in [1.807, 2.05) is 12.1 Å². The number of rotatable bonds is 2. The third kappa shape index (κ3) is 4.95. The van der Waals surface area contributed by atoms with Crippen LogP contribution in [0.2, 0.25) is 5.02 Å². The van der Waals surface area contributed by atoms with E-state index in [1.165, 1.54) is 0 Å². The zero-order valence-electron chi connectivity index (χ0n) is 12.9. The molecular weight excluding hydrogens is 294 g/mol. The van der Waals surface area contributed by atoms with Gasteiger partial charge in [-0.1, -0.05) is 23.4 Å². The molecule has 0 aliphatic heterocycles. The molecule has 0 spiro atoms. The van der Waals surface area contributed by atoms with Gasteiger partial charge in [-0.05, 0) is 69.3 Å². The van der Waals surface area contributed by atoms with Crippen molar-refractivity contribution in [3.05, 3.63) is 64.7 Å². The van der Waals surface area contributed by atoms with Gasteiger partial charge in [0.1, 0.15) is 0 Å². The molecule has 0 radical (unpaired) electrons. The third-order valence-corrected chi connectivity index (χ3v) is 3.08. The first-order valence-corrected chi connectivity index (χ1v) is 7.41. The highest BCUT2D eigenvalue weighted by atomic mass is 35.5. The van der Waals surface area contributed by atoms with E-state index in [1.54, 1.807) is 36.4 Å². The molecule has 0 fully saturated rings. The molecule has 0 saturated carbocycles. The molecule has 0 aliphatic carbocycles. The van der Waals surface area contributed by atoms with Crippen LogP contribution in [0.25, 0.3) is 0 Å². The number of carbonyl (C=O) groups excluding carboxylic acids is 1. The Morgan fingerprint density at radius 3 is 2.14 bits per heavy atom. The second kappa shape index (κ2) is 6.68. The van der Waals surface area contributed by atoms with Crippen LogP contribution >= 0.6 is 11.6 Å². The van der Waals surface area contributed by atoms with Crippen LogP contribution in [-0.4, -0.2) is 5.91 Å². The Morgan fingerprint density at radius 1 is 1.00 bits per heavy atom. The molecule has 0 bridgehead atoms. The normalized spacial score (nSPS) is 10.5. The van der Waals surface area contributed by atoms with Gasteiger partial charge in [-0.2, -0.15) is 0 Å². The van der Waals surface area contributed by atoms with Gasteiger partial charge >= 0.3 is 0 Å².